The summed E-state index contributed by atoms with van der Waals surface area (Å²) in [6.07, 6.45) is 5.76. The number of aliphatic carboxylic acids is 1. The van der Waals surface area contributed by atoms with Crippen LogP contribution in [0.4, 0.5) is 0 Å². The van der Waals surface area contributed by atoms with Crippen molar-refractivity contribution in [3.05, 3.63) is 35.5 Å². The summed E-state index contributed by atoms with van der Waals surface area (Å²) >= 11 is 6.25. The van der Waals surface area contributed by atoms with Crippen LogP contribution in [0.5, 0.6) is 11.6 Å². The molecule has 0 unspecified atom stereocenters. The molecule has 1 heterocycles. The largest absolute Gasteiger partial charge is 0.492 e. The summed E-state index contributed by atoms with van der Waals surface area (Å²) in [5, 5.41) is 9.05. The molecule has 132 valence electrons. The number of hydrogen-bond donors (Lipinski definition) is 1. The molecule has 0 atom stereocenters. The number of carboxylic acid groups (broad SMARTS) is 1. The molecule has 1 aliphatic rings. The molecule has 3 rings (SSSR count). The fraction of sp³-hybridized carbons (Fsp3) is 0.389. The van der Waals surface area contributed by atoms with Crippen LogP contribution in [0.25, 0.3) is 11.4 Å². The predicted octanol–water partition coefficient (Wildman–Crippen LogP) is 3.97. The maximum atomic E-state index is 10.5. The molecular formula is C18H19ClN2O4. The highest BCUT2D eigenvalue weighted by atomic mass is 35.5. The Kier molecular flexibility index (Phi) is 5.71. The van der Waals surface area contributed by atoms with E-state index in [1.54, 1.807) is 24.4 Å². The highest BCUT2D eigenvalue weighted by Crippen LogP contribution is 2.30. The smallest absolute Gasteiger partial charge is 0.303 e. The van der Waals surface area contributed by atoms with E-state index in [4.69, 9.17) is 26.2 Å². The Bertz CT molecular complexity index is 750. The van der Waals surface area contributed by atoms with E-state index in [9.17, 15) is 4.79 Å². The SMILES string of the molecule is O=C(O)CCCOc1ccc(-c2nccc(OC3CCC3)n2)cc1Cl. The predicted molar refractivity (Wildman–Crippen MR) is 93.1 cm³/mol. The van der Waals surface area contributed by atoms with Crippen molar-refractivity contribution in [2.75, 3.05) is 6.61 Å². The van der Waals surface area contributed by atoms with E-state index in [0.29, 0.717) is 35.5 Å². The van der Waals surface area contributed by atoms with Gasteiger partial charge in [-0.3, -0.25) is 4.79 Å². The second-order valence-electron chi connectivity index (χ2n) is 5.88. The highest BCUT2D eigenvalue weighted by Gasteiger charge is 2.20. The summed E-state index contributed by atoms with van der Waals surface area (Å²) in [5.74, 6) is 0.778. The zero-order valence-corrected chi connectivity index (χ0v) is 14.4. The quantitative estimate of drug-likeness (QED) is 0.715. The van der Waals surface area contributed by atoms with Gasteiger partial charge in [-0.25, -0.2) is 4.98 Å². The van der Waals surface area contributed by atoms with Crippen molar-refractivity contribution in [1.29, 1.82) is 0 Å². The molecule has 1 N–H and O–H groups in total. The lowest BCUT2D eigenvalue weighted by atomic mass is 9.96. The van der Waals surface area contributed by atoms with Gasteiger partial charge in [-0.15, -0.1) is 0 Å². The van der Waals surface area contributed by atoms with Gasteiger partial charge in [0, 0.05) is 24.2 Å². The van der Waals surface area contributed by atoms with Crippen molar-refractivity contribution in [2.24, 2.45) is 0 Å². The summed E-state index contributed by atoms with van der Waals surface area (Å²) in [4.78, 5) is 19.2. The van der Waals surface area contributed by atoms with Gasteiger partial charge < -0.3 is 14.6 Å². The van der Waals surface area contributed by atoms with Crippen molar-refractivity contribution < 1.29 is 19.4 Å². The first-order valence-electron chi connectivity index (χ1n) is 8.26. The molecule has 25 heavy (non-hydrogen) atoms. The Balaban J connectivity index is 1.65. The van der Waals surface area contributed by atoms with Crippen molar-refractivity contribution in [3.63, 3.8) is 0 Å². The molecule has 0 aliphatic heterocycles. The molecule has 1 aromatic carbocycles. The number of nitrogens with zero attached hydrogens (tertiary/aromatic N) is 2. The number of halogens is 1. The van der Waals surface area contributed by atoms with E-state index < -0.39 is 5.97 Å². The molecule has 0 spiro atoms. The maximum Gasteiger partial charge on any atom is 0.303 e. The summed E-state index contributed by atoms with van der Waals surface area (Å²) < 4.78 is 11.3. The molecular weight excluding hydrogens is 344 g/mol. The van der Waals surface area contributed by atoms with Crippen LogP contribution in [-0.4, -0.2) is 33.8 Å². The number of rotatable bonds is 8. The first kappa shape index (κ1) is 17.5. The Hall–Kier alpha value is -2.34. The Morgan fingerprint density at radius 1 is 1.32 bits per heavy atom. The van der Waals surface area contributed by atoms with Crippen LogP contribution in [0.2, 0.25) is 5.02 Å². The molecule has 0 amide bonds. The lowest BCUT2D eigenvalue weighted by molar-refractivity contribution is -0.137. The second kappa shape index (κ2) is 8.16. The molecule has 1 saturated carbocycles. The van der Waals surface area contributed by atoms with Crippen molar-refractivity contribution >= 4 is 17.6 Å². The lowest BCUT2D eigenvalue weighted by Gasteiger charge is -2.25. The molecule has 1 aromatic heterocycles. The summed E-state index contributed by atoms with van der Waals surface area (Å²) in [7, 11) is 0. The number of ether oxygens (including phenoxy) is 2. The molecule has 1 aliphatic carbocycles. The molecule has 2 aromatic rings. The standard InChI is InChI=1S/C18H19ClN2O4/c19-14-11-12(6-7-15(14)24-10-2-5-17(22)23)18-20-9-8-16(21-18)25-13-3-1-4-13/h6-9,11,13H,1-5,10H2,(H,22,23). The zero-order chi connectivity index (χ0) is 17.6. The average molecular weight is 363 g/mol. The van der Waals surface area contributed by atoms with Crippen molar-refractivity contribution in [1.82, 2.24) is 9.97 Å². The first-order chi connectivity index (χ1) is 12.1. The van der Waals surface area contributed by atoms with E-state index in [1.807, 2.05) is 6.07 Å². The van der Waals surface area contributed by atoms with Crippen molar-refractivity contribution in [3.8, 4) is 23.0 Å². The third-order valence-corrected chi connectivity index (χ3v) is 4.25. The number of carbonyl (C=O) groups is 1. The normalized spacial score (nSPS) is 14.0. The second-order valence-corrected chi connectivity index (χ2v) is 6.29. The van der Waals surface area contributed by atoms with Gasteiger partial charge in [-0.1, -0.05) is 11.6 Å². The van der Waals surface area contributed by atoms with Crippen LogP contribution >= 0.6 is 11.6 Å². The van der Waals surface area contributed by atoms with Gasteiger partial charge in [0.25, 0.3) is 0 Å². The van der Waals surface area contributed by atoms with Gasteiger partial charge in [0.15, 0.2) is 5.82 Å². The molecule has 6 nitrogen and oxygen atoms in total. The van der Waals surface area contributed by atoms with Crippen LogP contribution in [0.15, 0.2) is 30.5 Å². The molecule has 0 saturated heterocycles. The monoisotopic (exact) mass is 362 g/mol. The third kappa shape index (κ3) is 4.82. The van der Waals surface area contributed by atoms with Crippen molar-refractivity contribution in [2.45, 2.75) is 38.2 Å². The van der Waals surface area contributed by atoms with Crippen LogP contribution in [-0.2, 0) is 4.79 Å². The molecule has 1 fully saturated rings. The van der Waals surface area contributed by atoms with Gasteiger partial charge in [0.05, 0.1) is 11.6 Å². The molecule has 7 heteroatoms. The first-order valence-corrected chi connectivity index (χ1v) is 8.64. The fourth-order valence-corrected chi connectivity index (χ4v) is 2.60. The minimum Gasteiger partial charge on any atom is -0.492 e. The topological polar surface area (TPSA) is 81.5 Å². The van der Waals surface area contributed by atoms with E-state index in [2.05, 4.69) is 9.97 Å². The van der Waals surface area contributed by atoms with Gasteiger partial charge in [-0.05, 0) is 43.9 Å². The number of carboxylic acids is 1. The minimum atomic E-state index is -0.841. The zero-order valence-electron chi connectivity index (χ0n) is 13.7. The van der Waals surface area contributed by atoms with Crippen LogP contribution in [0.1, 0.15) is 32.1 Å². The summed E-state index contributed by atoms with van der Waals surface area (Å²) in [6, 6.07) is 7.04. The number of hydrogen-bond acceptors (Lipinski definition) is 5. The highest BCUT2D eigenvalue weighted by molar-refractivity contribution is 6.32. The third-order valence-electron chi connectivity index (χ3n) is 3.95. The number of benzene rings is 1. The van der Waals surface area contributed by atoms with Gasteiger partial charge in [0.2, 0.25) is 5.88 Å². The van der Waals surface area contributed by atoms with E-state index in [0.717, 1.165) is 18.4 Å². The van der Waals surface area contributed by atoms with Crippen LogP contribution in [0.3, 0.4) is 0 Å². The van der Waals surface area contributed by atoms with Crippen LogP contribution in [0, 0.1) is 0 Å². The fourth-order valence-electron chi connectivity index (χ4n) is 2.37. The van der Waals surface area contributed by atoms with E-state index >= 15 is 0 Å². The summed E-state index contributed by atoms with van der Waals surface area (Å²) in [5.41, 5.74) is 0.766. The Labute approximate surface area is 150 Å². The van der Waals surface area contributed by atoms with E-state index in [-0.39, 0.29) is 12.5 Å². The van der Waals surface area contributed by atoms with Gasteiger partial charge >= 0.3 is 5.97 Å². The van der Waals surface area contributed by atoms with Crippen LogP contribution < -0.4 is 9.47 Å². The van der Waals surface area contributed by atoms with E-state index in [1.165, 1.54) is 6.42 Å². The Morgan fingerprint density at radius 3 is 2.84 bits per heavy atom. The minimum absolute atomic E-state index is 0.0668. The Morgan fingerprint density at radius 2 is 2.16 bits per heavy atom. The van der Waals surface area contributed by atoms with Gasteiger partial charge in [-0.2, -0.15) is 4.98 Å². The molecule has 0 bridgehead atoms. The summed E-state index contributed by atoms with van der Waals surface area (Å²) in [6.45, 7) is 0.298. The molecule has 0 radical (unpaired) electrons. The number of aromatic nitrogens is 2. The van der Waals surface area contributed by atoms with Gasteiger partial charge in [0.1, 0.15) is 11.9 Å². The maximum absolute atomic E-state index is 10.5. The lowest BCUT2D eigenvalue weighted by Crippen LogP contribution is -2.25. The average Bonchev–Trinajstić information content (AvgIpc) is 2.56.